The lowest BCUT2D eigenvalue weighted by Crippen LogP contribution is -2.15. The fourth-order valence-electron chi connectivity index (χ4n) is 1.15. The van der Waals surface area contributed by atoms with Gasteiger partial charge in [-0.2, -0.15) is 0 Å². The van der Waals surface area contributed by atoms with E-state index in [-0.39, 0.29) is 23.8 Å². The number of nitrogens with zero attached hydrogens (tertiary/aromatic N) is 1. The molecule has 1 atom stereocenters. The van der Waals surface area contributed by atoms with Crippen LogP contribution in [0.3, 0.4) is 0 Å². The van der Waals surface area contributed by atoms with Crippen LogP contribution in [0, 0.1) is 10.1 Å². The van der Waals surface area contributed by atoms with Crippen molar-refractivity contribution >= 4 is 22.3 Å². The number of nitro groups is 1. The van der Waals surface area contributed by atoms with Gasteiger partial charge in [0.1, 0.15) is 6.61 Å². The number of ether oxygens (including phenoxy) is 1. The van der Waals surface area contributed by atoms with Gasteiger partial charge in [0.25, 0.3) is 5.69 Å². The highest BCUT2D eigenvalue weighted by molar-refractivity contribution is 7.85. The number of rotatable bonds is 6. The van der Waals surface area contributed by atoms with Gasteiger partial charge in [-0.3, -0.25) is 19.1 Å². The molecule has 0 saturated heterocycles. The molecule has 0 bridgehead atoms. The van der Waals surface area contributed by atoms with Crippen LogP contribution in [0.1, 0.15) is 0 Å². The Balaban J connectivity index is 2.70. The van der Waals surface area contributed by atoms with Crippen molar-refractivity contribution in [1.29, 1.82) is 0 Å². The quantitative estimate of drug-likeness (QED) is 0.558. The average molecular weight is 257 g/mol. The van der Waals surface area contributed by atoms with Crippen LogP contribution in [0.4, 0.5) is 5.69 Å². The highest BCUT2D eigenvalue weighted by Gasteiger charge is 2.11. The van der Waals surface area contributed by atoms with Gasteiger partial charge in [-0.15, -0.1) is 0 Å². The van der Waals surface area contributed by atoms with Gasteiger partial charge in [0, 0.05) is 24.1 Å². The highest BCUT2D eigenvalue weighted by atomic mass is 32.2. The summed E-state index contributed by atoms with van der Waals surface area (Å²) in [5, 5.41) is 10.4. The normalized spacial score (nSPS) is 12.1. The lowest BCUT2D eigenvalue weighted by molar-refractivity contribution is -0.384. The first-order valence-corrected chi connectivity index (χ1v) is 6.00. The largest absolute Gasteiger partial charge is 0.377 e. The molecule has 0 aromatic heterocycles. The van der Waals surface area contributed by atoms with Crippen molar-refractivity contribution in [3.63, 3.8) is 0 Å². The van der Waals surface area contributed by atoms with Gasteiger partial charge >= 0.3 is 0 Å². The number of methoxy groups -OCH3 is 1. The molecule has 1 aromatic rings. The predicted molar refractivity (Wildman–Crippen MR) is 61.3 cm³/mol. The summed E-state index contributed by atoms with van der Waals surface area (Å²) < 4.78 is 16.3. The van der Waals surface area contributed by atoms with Gasteiger partial charge in [-0.25, -0.2) is 0 Å². The van der Waals surface area contributed by atoms with E-state index in [4.69, 9.17) is 0 Å². The second-order valence-corrected chi connectivity index (χ2v) is 4.66. The number of nitro benzene ring substituents is 1. The summed E-state index contributed by atoms with van der Waals surface area (Å²) in [6.07, 6.45) is 0. The first-order chi connectivity index (χ1) is 8.04. The number of Topliss-reactive ketones (excluding diaryl/α,β-unsaturated/α-hetero) is 1. The van der Waals surface area contributed by atoms with Crippen LogP contribution in [-0.2, 0) is 20.3 Å². The number of ketones is 1. The standard InChI is InChI=1S/C10H11NO5S/c1-16-6-9(12)7-17(15)10-4-2-8(3-5-10)11(13)14/h2-5H,6-7H2,1H3. The van der Waals surface area contributed by atoms with Crippen LogP contribution in [-0.4, -0.2) is 34.4 Å². The maximum absolute atomic E-state index is 11.7. The van der Waals surface area contributed by atoms with Gasteiger partial charge in [-0.05, 0) is 12.1 Å². The summed E-state index contributed by atoms with van der Waals surface area (Å²) in [5.74, 6) is -0.421. The van der Waals surface area contributed by atoms with Crippen LogP contribution < -0.4 is 0 Å². The van der Waals surface area contributed by atoms with E-state index < -0.39 is 15.7 Å². The topological polar surface area (TPSA) is 86.5 Å². The Kier molecular flexibility index (Phi) is 4.92. The monoisotopic (exact) mass is 257 g/mol. The van der Waals surface area contributed by atoms with Crippen molar-refractivity contribution in [2.24, 2.45) is 0 Å². The summed E-state index contributed by atoms with van der Waals surface area (Å²) in [4.78, 5) is 21.4. The van der Waals surface area contributed by atoms with E-state index in [1.54, 1.807) is 0 Å². The maximum atomic E-state index is 11.7. The molecule has 6 nitrogen and oxygen atoms in total. The van der Waals surface area contributed by atoms with Crippen LogP contribution in [0.5, 0.6) is 0 Å². The second kappa shape index (κ2) is 6.21. The minimum absolute atomic E-state index is 0.0750. The van der Waals surface area contributed by atoms with E-state index >= 15 is 0 Å². The molecule has 1 rings (SSSR count). The maximum Gasteiger partial charge on any atom is 0.269 e. The number of hydrogen-bond acceptors (Lipinski definition) is 5. The minimum atomic E-state index is -1.49. The van der Waals surface area contributed by atoms with Gasteiger partial charge in [0.05, 0.1) is 21.5 Å². The molecule has 92 valence electrons. The number of carbonyl (C=O) groups excluding carboxylic acids is 1. The molecule has 0 fully saturated rings. The number of benzene rings is 1. The Bertz CT molecular complexity index is 443. The zero-order chi connectivity index (χ0) is 12.8. The number of hydrogen-bond donors (Lipinski definition) is 0. The van der Waals surface area contributed by atoms with Crippen LogP contribution in [0.2, 0.25) is 0 Å². The van der Waals surface area contributed by atoms with E-state index in [0.29, 0.717) is 4.90 Å². The van der Waals surface area contributed by atoms with Crippen molar-refractivity contribution in [2.75, 3.05) is 19.5 Å². The Hall–Kier alpha value is -1.60. The third-order valence-electron chi connectivity index (χ3n) is 1.91. The Morgan fingerprint density at radius 1 is 1.41 bits per heavy atom. The minimum Gasteiger partial charge on any atom is -0.377 e. The Morgan fingerprint density at radius 3 is 2.47 bits per heavy atom. The van der Waals surface area contributed by atoms with Crippen LogP contribution in [0.15, 0.2) is 29.2 Å². The number of carbonyl (C=O) groups is 1. The molecule has 1 unspecified atom stereocenters. The van der Waals surface area contributed by atoms with Crippen LogP contribution >= 0.6 is 0 Å². The fraction of sp³-hybridized carbons (Fsp3) is 0.300. The summed E-state index contributed by atoms with van der Waals surface area (Å²) in [6, 6.07) is 5.28. The molecule has 0 saturated carbocycles. The fourth-order valence-corrected chi connectivity index (χ4v) is 2.13. The first kappa shape index (κ1) is 13.5. The molecule has 0 aliphatic heterocycles. The molecule has 17 heavy (non-hydrogen) atoms. The summed E-state index contributed by atoms with van der Waals surface area (Å²) in [5.41, 5.74) is -0.0750. The van der Waals surface area contributed by atoms with E-state index in [9.17, 15) is 19.1 Å². The van der Waals surface area contributed by atoms with E-state index in [1.165, 1.54) is 31.4 Å². The third kappa shape index (κ3) is 4.04. The van der Waals surface area contributed by atoms with Crippen molar-refractivity contribution in [3.8, 4) is 0 Å². The highest BCUT2D eigenvalue weighted by Crippen LogP contribution is 2.14. The van der Waals surface area contributed by atoms with Gasteiger partial charge in [-0.1, -0.05) is 0 Å². The van der Waals surface area contributed by atoms with Crippen molar-refractivity contribution in [2.45, 2.75) is 4.90 Å². The Morgan fingerprint density at radius 2 is 2.00 bits per heavy atom. The van der Waals surface area contributed by atoms with Gasteiger partial charge in [0.15, 0.2) is 5.78 Å². The molecule has 0 spiro atoms. The molecule has 0 aliphatic carbocycles. The predicted octanol–water partition coefficient (Wildman–Crippen LogP) is 0.918. The molecule has 0 heterocycles. The smallest absolute Gasteiger partial charge is 0.269 e. The lowest BCUT2D eigenvalue weighted by atomic mass is 10.3. The average Bonchev–Trinajstić information content (AvgIpc) is 2.29. The first-order valence-electron chi connectivity index (χ1n) is 4.68. The van der Waals surface area contributed by atoms with Crippen molar-refractivity contribution in [1.82, 2.24) is 0 Å². The molecule has 7 heteroatoms. The molecule has 0 amide bonds. The molecular weight excluding hydrogens is 246 g/mol. The summed E-state index contributed by atoms with van der Waals surface area (Å²) >= 11 is 0. The second-order valence-electron chi connectivity index (χ2n) is 3.21. The SMILES string of the molecule is COCC(=O)CS(=O)c1ccc([N+](=O)[O-])cc1. The molecule has 0 radical (unpaired) electrons. The Labute approximate surface area is 100 Å². The third-order valence-corrected chi connectivity index (χ3v) is 3.29. The van der Waals surface area contributed by atoms with Gasteiger partial charge < -0.3 is 4.74 Å². The van der Waals surface area contributed by atoms with E-state index in [2.05, 4.69) is 4.74 Å². The van der Waals surface area contributed by atoms with Crippen molar-refractivity contribution in [3.05, 3.63) is 34.4 Å². The summed E-state index contributed by atoms with van der Waals surface area (Å²) in [6.45, 7) is -0.0846. The van der Waals surface area contributed by atoms with Crippen molar-refractivity contribution < 1.29 is 18.7 Å². The van der Waals surface area contributed by atoms with E-state index in [0.717, 1.165) is 0 Å². The zero-order valence-corrected chi connectivity index (χ0v) is 9.94. The zero-order valence-electron chi connectivity index (χ0n) is 9.12. The van der Waals surface area contributed by atoms with Gasteiger partial charge in [0.2, 0.25) is 0 Å². The molecule has 0 N–H and O–H groups in total. The van der Waals surface area contributed by atoms with E-state index in [1.807, 2.05) is 0 Å². The number of non-ortho nitro benzene ring substituents is 1. The molecule has 1 aromatic carbocycles. The van der Waals surface area contributed by atoms with Crippen LogP contribution in [0.25, 0.3) is 0 Å². The lowest BCUT2D eigenvalue weighted by Gasteiger charge is -2.01. The molecule has 0 aliphatic rings. The summed E-state index contributed by atoms with van der Waals surface area (Å²) in [7, 11) is -0.107. The molecular formula is C10H11NO5S.